The molecule has 0 bridgehead atoms. The molecule has 0 aliphatic carbocycles. The Morgan fingerprint density at radius 2 is 2.53 bits per heavy atom. The van der Waals surface area contributed by atoms with Crippen LogP contribution in [0.5, 0.6) is 0 Å². The number of allylic oxidation sites excluding steroid dienone is 1. The molecule has 0 saturated heterocycles. The minimum atomic E-state index is 0.261. The van der Waals surface area contributed by atoms with Gasteiger partial charge in [-0.3, -0.25) is 0 Å². The average molecular weight is 201 g/mol. The van der Waals surface area contributed by atoms with E-state index in [4.69, 9.17) is 5.26 Å². The van der Waals surface area contributed by atoms with Crippen molar-refractivity contribution in [1.82, 2.24) is 25.6 Å². The van der Waals surface area contributed by atoms with Crippen molar-refractivity contribution < 1.29 is 0 Å². The Labute approximate surface area is 84.8 Å². The van der Waals surface area contributed by atoms with Crippen molar-refractivity contribution in [2.45, 2.75) is 0 Å². The number of rotatable bonds is 3. The van der Waals surface area contributed by atoms with E-state index in [1.165, 1.54) is 6.20 Å². The molecule has 3 N–H and O–H groups in total. The van der Waals surface area contributed by atoms with Gasteiger partial charge in [0, 0.05) is 12.4 Å². The summed E-state index contributed by atoms with van der Waals surface area (Å²) < 4.78 is 0. The first-order valence-corrected chi connectivity index (χ1v) is 4.14. The molecular weight excluding hydrogens is 194 g/mol. The number of H-pyrrole nitrogens is 2. The predicted molar refractivity (Wildman–Crippen MR) is 52.2 cm³/mol. The Morgan fingerprint density at radius 3 is 3.13 bits per heavy atom. The van der Waals surface area contributed by atoms with Crippen molar-refractivity contribution in [1.29, 1.82) is 5.26 Å². The maximum atomic E-state index is 8.84. The van der Waals surface area contributed by atoms with Gasteiger partial charge in [0.05, 0.1) is 0 Å². The fourth-order valence-electron chi connectivity index (χ4n) is 0.993. The first kappa shape index (κ1) is 8.96. The lowest BCUT2D eigenvalue weighted by Crippen LogP contribution is -1.92. The van der Waals surface area contributed by atoms with Crippen LogP contribution in [0.15, 0.2) is 24.5 Å². The monoisotopic (exact) mass is 201 g/mol. The maximum Gasteiger partial charge on any atom is 0.216 e. The third-order valence-corrected chi connectivity index (χ3v) is 1.68. The van der Waals surface area contributed by atoms with Crippen LogP contribution in [-0.4, -0.2) is 25.6 Å². The Morgan fingerprint density at radius 1 is 1.60 bits per heavy atom. The summed E-state index contributed by atoms with van der Waals surface area (Å²) in [5.41, 5.74) is 0.304. The van der Waals surface area contributed by atoms with E-state index in [2.05, 4.69) is 30.9 Å². The second-order valence-electron chi connectivity index (χ2n) is 2.63. The Kier molecular flexibility index (Phi) is 2.42. The van der Waals surface area contributed by atoms with Crippen molar-refractivity contribution in [2.75, 3.05) is 5.32 Å². The second-order valence-corrected chi connectivity index (χ2v) is 2.63. The van der Waals surface area contributed by atoms with E-state index in [1.807, 2.05) is 18.2 Å². The molecule has 7 heteroatoms. The summed E-state index contributed by atoms with van der Waals surface area (Å²) in [6.45, 7) is 0. The summed E-state index contributed by atoms with van der Waals surface area (Å²) in [6.07, 6.45) is 3.28. The smallest absolute Gasteiger partial charge is 0.216 e. The summed E-state index contributed by atoms with van der Waals surface area (Å²) >= 11 is 0. The molecule has 0 unspecified atom stereocenters. The van der Waals surface area contributed by atoms with Gasteiger partial charge in [-0.25, -0.2) is 0 Å². The third kappa shape index (κ3) is 2.00. The molecule has 0 aromatic carbocycles. The molecule has 0 fully saturated rings. The van der Waals surface area contributed by atoms with Gasteiger partial charge >= 0.3 is 0 Å². The van der Waals surface area contributed by atoms with Crippen LogP contribution >= 0.6 is 0 Å². The van der Waals surface area contributed by atoms with Crippen LogP contribution in [0, 0.1) is 11.3 Å². The van der Waals surface area contributed by atoms with Crippen molar-refractivity contribution in [3.63, 3.8) is 0 Å². The summed E-state index contributed by atoms with van der Waals surface area (Å²) in [6, 6.07) is 5.65. The van der Waals surface area contributed by atoms with Crippen LogP contribution in [0.4, 0.5) is 5.82 Å². The molecule has 15 heavy (non-hydrogen) atoms. The third-order valence-electron chi connectivity index (χ3n) is 1.68. The molecule has 0 aliphatic rings. The molecule has 0 atom stereocenters. The van der Waals surface area contributed by atoms with E-state index in [9.17, 15) is 0 Å². The van der Waals surface area contributed by atoms with E-state index >= 15 is 0 Å². The molecule has 0 saturated carbocycles. The first-order valence-electron chi connectivity index (χ1n) is 4.14. The minimum Gasteiger partial charge on any atom is -0.348 e. The molecule has 0 radical (unpaired) electrons. The van der Waals surface area contributed by atoms with Gasteiger partial charge in [0.1, 0.15) is 17.5 Å². The molecule has 2 aromatic heterocycles. The van der Waals surface area contributed by atoms with Crippen LogP contribution in [0.25, 0.3) is 5.57 Å². The minimum absolute atomic E-state index is 0.261. The highest BCUT2D eigenvalue weighted by molar-refractivity contribution is 5.73. The van der Waals surface area contributed by atoms with E-state index < -0.39 is 0 Å². The highest BCUT2D eigenvalue weighted by Gasteiger charge is 2.04. The Bertz CT molecular complexity index is 474. The lowest BCUT2D eigenvalue weighted by molar-refractivity contribution is 0.881. The van der Waals surface area contributed by atoms with Gasteiger partial charge in [-0.15, -0.1) is 10.2 Å². The SMILES string of the molecule is N#CC(=CNc1ccc[nH]1)c1nn[nH]n1. The molecular formula is C8H7N7. The topological polar surface area (TPSA) is 106 Å². The number of nitrogens with zero attached hydrogens (tertiary/aromatic N) is 4. The summed E-state index contributed by atoms with van der Waals surface area (Å²) in [7, 11) is 0. The van der Waals surface area contributed by atoms with Crippen molar-refractivity contribution in [2.24, 2.45) is 0 Å². The van der Waals surface area contributed by atoms with Crippen LogP contribution in [0.1, 0.15) is 5.82 Å². The molecule has 2 rings (SSSR count). The van der Waals surface area contributed by atoms with Crippen molar-refractivity contribution in [3.05, 3.63) is 30.4 Å². The highest BCUT2D eigenvalue weighted by atomic mass is 15.5. The zero-order chi connectivity index (χ0) is 10.5. The van der Waals surface area contributed by atoms with E-state index in [0.29, 0.717) is 5.57 Å². The number of tetrazole rings is 1. The van der Waals surface area contributed by atoms with Gasteiger partial charge in [-0.1, -0.05) is 0 Å². The number of anilines is 1. The number of nitriles is 1. The molecule has 7 nitrogen and oxygen atoms in total. The number of hydrogen-bond donors (Lipinski definition) is 3. The van der Waals surface area contributed by atoms with Gasteiger partial charge < -0.3 is 10.3 Å². The van der Waals surface area contributed by atoms with Gasteiger partial charge in [-0.2, -0.15) is 10.5 Å². The van der Waals surface area contributed by atoms with Crippen molar-refractivity contribution >= 4 is 11.4 Å². The van der Waals surface area contributed by atoms with Gasteiger partial charge in [0.15, 0.2) is 0 Å². The zero-order valence-electron chi connectivity index (χ0n) is 7.60. The zero-order valence-corrected chi connectivity index (χ0v) is 7.60. The fraction of sp³-hybridized carbons (Fsp3) is 0. The van der Waals surface area contributed by atoms with Crippen molar-refractivity contribution in [3.8, 4) is 6.07 Å². The number of aromatic nitrogens is 5. The average Bonchev–Trinajstić information content (AvgIpc) is 2.90. The van der Waals surface area contributed by atoms with Crippen LogP contribution in [0.3, 0.4) is 0 Å². The quantitative estimate of drug-likeness (QED) is 0.627. The van der Waals surface area contributed by atoms with Gasteiger partial charge in [0.2, 0.25) is 5.82 Å². The lowest BCUT2D eigenvalue weighted by atomic mass is 10.3. The summed E-state index contributed by atoms with van der Waals surface area (Å²) in [5.74, 6) is 1.04. The highest BCUT2D eigenvalue weighted by Crippen LogP contribution is 2.07. The second kappa shape index (κ2) is 4.06. The van der Waals surface area contributed by atoms with E-state index in [-0.39, 0.29) is 5.82 Å². The molecule has 74 valence electrons. The molecule has 0 spiro atoms. The molecule has 2 aromatic rings. The van der Waals surface area contributed by atoms with Gasteiger partial charge in [-0.05, 0) is 17.3 Å². The Hall–Kier alpha value is -2.62. The summed E-state index contributed by atoms with van der Waals surface area (Å²) in [5, 5.41) is 24.8. The number of aromatic amines is 2. The predicted octanol–water partition coefficient (Wildman–Crippen LogP) is 0.504. The summed E-state index contributed by atoms with van der Waals surface area (Å²) in [4.78, 5) is 2.93. The van der Waals surface area contributed by atoms with E-state index in [0.717, 1.165) is 5.82 Å². The molecule has 2 heterocycles. The maximum absolute atomic E-state index is 8.84. The normalized spacial score (nSPS) is 11.0. The Balaban J connectivity index is 2.15. The fourth-order valence-corrected chi connectivity index (χ4v) is 0.993. The van der Waals surface area contributed by atoms with Gasteiger partial charge in [0.25, 0.3) is 0 Å². The number of hydrogen-bond acceptors (Lipinski definition) is 5. The largest absolute Gasteiger partial charge is 0.348 e. The number of nitrogens with one attached hydrogen (secondary N) is 3. The van der Waals surface area contributed by atoms with Crippen LogP contribution in [-0.2, 0) is 0 Å². The van der Waals surface area contributed by atoms with E-state index in [1.54, 1.807) is 6.20 Å². The first-order chi connectivity index (χ1) is 7.40. The lowest BCUT2D eigenvalue weighted by Gasteiger charge is -1.95. The van der Waals surface area contributed by atoms with Crippen LogP contribution < -0.4 is 5.32 Å². The molecule has 0 aliphatic heterocycles. The van der Waals surface area contributed by atoms with Crippen LogP contribution in [0.2, 0.25) is 0 Å². The standard InChI is InChI=1S/C8H7N7/c9-4-6(8-12-14-15-13-8)5-11-7-2-1-3-10-7/h1-3,5,10-11H,(H,12,13,14,15). The molecule has 0 amide bonds.